The Hall–Kier alpha value is -1.34. The zero-order valence-corrected chi connectivity index (χ0v) is 10.2. The second kappa shape index (κ2) is 5.83. The zero-order chi connectivity index (χ0) is 13.0. The van der Waals surface area contributed by atoms with Gasteiger partial charge in [-0.3, -0.25) is 10.1 Å². The predicted molar refractivity (Wildman–Crippen MR) is 62.0 cm³/mol. The van der Waals surface area contributed by atoms with E-state index in [-0.39, 0.29) is 28.2 Å². The Kier molecular flexibility index (Phi) is 4.71. The molecule has 0 aliphatic rings. The van der Waals surface area contributed by atoms with Crippen LogP contribution in [-0.4, -0.2) is 29.0 Å². The minimum atomic E-state index is -0.778. The van der Waals surface area contributed by atoms with Gasteiger partial charge in [0.1, 0.15) is 0 Å². The van der Waals surface area contributed by atoms with Crippen molar-refractivity contribution in [1.29, 1.82) is 0 Å². The number of methoxy groups -OCH3 is 1. The standard InChI is InChI=1S/C10H12FNO4S/c1-6(5-13)17-10-4-9(16-2)7(11)3-8(10)12(14)15/h3-4,6,13H,5H2,1-2H3. The molecule has 0 bridgehead atoms. The first-order valence-electron chi connectivity index (χ1n) is 4.79. The summed E-state index contributed by atoms with van der Waals surface area (Å²) in [6.45, 7) is 1.59. The Morgan fingerprint density at radius 1 is 1.65 bits per heavy atom. The lowest BCUT2D eigenvalue weighted by Crippen LogP contribution is -2.03. The molecule has 1 rings (SSSR count). The molecule has 0 heterocycles. The highest BCUT2D eigenvalue weighted by Crippen LogP contribution is 2.36. The van der Waals surface area contributed by atoms with Crippen molar-refractivity contribution in [3.63, 3.8) is 0 Å². The van der Waals surface area contributed by atoms with E-state index in [1.807, 2.05) is 0 Å². The summed E-state index contributed by atoms with van der Waals surface area (Å²) in [6, 6.07) is 2.09. The molecule has 17 heavy (non-hydrogen) atoms. The van der Waals surface area contributed by atoms with Crippen LogP contribution >= 0.6 is 11.8 Å². The summed E-state index contributed by atoms with van der Waals surface area (Å²) in [4.78, 5) is 10.4. The SMILES string of the molecule is COc1cc(SC(C)CO)c([N+](=O)[O-])cc1F. The van der Waals surface area contributed by atoms with Crippen LogP contribution in [0.4, 0.5) is 10.1 Å². The summed E-state index contributed by atoms with van der Waals surface area (Å²) in [6.07, 6.45) is 0. The van der Waals surface area contributed by atoms with Crippen LogP contribution in [0, 0.1) is 15.9 Å². The normalized spacial score (nSPS) is 12.2. The summed E-state index contributed by atoms with van der Waals surface area (Å²) in [5, 5.41) is 19.5. The Bertz CT molecular complexity index is 427. The van der Waals surface area contributed by atoms with Crippen molar-refractivity contribution in [3.8, 4) is 5.75 Å². The van der Waals surface area contributed by atoms with Crippen LogP contribution in [0.2, 0.25) is 0 Å². The van der Waals surface area contributed by atoms with Gasteiger partial charge in [0.25, 0.3) is 5.69 Å². The van der Waals surface area contributed by atoms with E-state index < -0.39 is 10.7 Å². The van der Waals surface area contributed by atoms with Crippen LogP contribution in [0.15, 0.2) is 17.0 Å². The van der Waals surface area contributed by atoms with Gasteiger partial charge in [-0.2, -0.15) is 0 Å². The molecule has 0 aliphatic carbocycles. The number of rotatable bonds is 5. The molecule has 0 radical (unpaired) electrons. The van der Waals surface area contributed by atoms with Gasteiger partial charge in [-0.1, -0.05) is 6.92 Å². The van der Waals surface area contributed by atoms with E-state index in [4.69, 9.17) is 9.84 Å². The quantitative estimate of drug-likeness (QED) is 0.500. The summed E-state index contributed by atoms with van der Waals surface area (Å²) in [5.41, 5.74) is -0.325. The van der Waals surface area contributed by atoms with E-state index in [1.165, 1.54) is 13.2 Å². The van der Waals surface area contributed by atoms with Crippen LogP contribution in [0.25, 0.3) is 0 Å². The second-order valence-electron chi connectivity index (χ2n) is 3.32. The smallest absolute Gasteiger partial charge is 0.286 e. The molecule has 0 amide bonds. The number of halogens is 1. The molecule has 0 aromatic heterocycles. The van der Waals surface area contributed by atoms with Crippen molar-refractivity contribution in [3.05, 3.63) is 28.1 Å². The molecule has 0 fully saturated rings. The first kappa shape index (κ1) is 13.7. The van der Waals surface area contributed by atoms with Gasteiger partial charge in [-0.25, -0.2) is 4.39 Å². The zero-order valence-electron chi connectivity index (χ0n) is 9.34. The van der Waals surface area contributed by atoms with Crippen LogP contribution in [0.3, 0.4) is 0 Å². The highest BCUT2D eigenvalue weighted by molar-refractivity contribution is 8.00. The molecule has 0 aliphatic heterocycles. The highest BCUT2D eigenvalue weighted by Gasteiger charge is 2.20. The predicted octanol–water partition coefficient (Wildman–Crippen LogP) is 2.22. The van der Waals surface area contributed by atoms with Gasteiger partial charge in [0.2, 0.25) is 0 Å². The van der Waals surface area contributed by atoms with Crippen molar-refractivity contribution in [1.82, 2.24) is 0 Å². The van der Waals surface area contributed by atoms with Gasteiger partial charge in [-0.15, -0.1) is 11.8 Å². The lowest BCUT2D eigenvalue weighted by molar-refractivity contribution is -0.387. The number of hydrogen-bond acceptors (Lipinski definition) is 5. The van der Waals surface area contributed by atoms with Crippen LogP contribution in [-0.2, 0) is 0 Å². The first-order valence-corrected chi connectivity index (χ1v) is 5.67. The molecule has 1 unspecified atom stereocenters. The van der Waals surface area contributed by atoms with Crippen molar-refractivity contribution in [2.75, 3.05) is 13.7 Å². The third-order valence-corrected chi connectivity index (χ3v) is 3.15. The van der Waals surface area contributed by atoms with E-state index in [0.29, 0.717) is 0 Å². The van der Waals surface area contributed by atoms with E-state index >= 15 is 0 Å². The van der Waals surface area contributed by atoms with Crippen molar-refractivity contribution >= 4 is 17.4 Å². The van der Waals surface area contributed by atoms with Gasteiger partial charge in [0.15, 0.2) is 11.6 Å². The molecule has 1 N–H and O–H groups in total. The maximum Gasteiger partial charge on any atom is 0.286 e. The van der Waals surface area contributed by atoms with Crippen LogP contribution in [0.5, 0.6) is 5.75 Å². The van der Waals surface area contributed by atoms with E-state index in [9.17, 15) is 14.5 Å². The minimum absolute atomic E-state index is 0.0526. The molecular weight excluding hydrogens is 249 g/mol. The average Bonchev–Trinajstić information content (AvgIpc) is 2.30. The third-order valence-electron chi connectivity index (χ3n) is 2.02. The topological polar surface area (TPSA) is 72.6 Å². The molecule has 7 heteroatoms. The molecule has 1 atom stereocenters. The fraction of sp³-hybridized carbons (Fsp3) is 0.400. The molecule has 1 aromatic carbocycles. The molecule has 0 saturated carbocycles. The molecule has 0 spiro atoms. The fourth-order valence-electron chi connectivity index (χ4n) is 1.17. The van der Waals surface area contributed by atoms with Crippen LogP contribution < -0.4 is 4.74 Å². The van der Waals surface area contributed by atoms with Crippen molar-refractivity contribution < 1.29 is 19.2 Å². The van der Waals surface area contributed by atoms with Gasteiger partial charge in [-0.05, 0) is 0 Å². The van der Waals surface area contributed by atoms with Crippen molar-refractivity contribution in [2.24, 2.45) is 0 Å². The van der Waals surface area contributed by atoms with Gasteiger partial charge >= 0.3 is 0 Å². The average molecular weight is 261 g/mol. The Morgan fingerprint density at radius 2 is 2.29 bits per heavy atom. The van der Waals surface area contributed by atoms with Gasteiger partial charge in [0.05, 0.1) is 29.6 Å². The highest BCUT2D eigenvalue weighted by atomic mass is 32.2. The van der Waals surface area contributed by atoms with E-state index in [2.05, 4.69) is 0 Å². The number of nitro groups is 1. The number of hydrogen-bond donors (Lipinski definition) is 1. The summed E-state index contributed by atoms with van der Waals surface area (Å²) < 4.78 is 18.1. The lowest BCUT2D eigenvalue weighted by Gasteiger charge is -2.10. The number of nitrogens with zero attached hydrogens (tertiary/aromatic N) is 1. The Balaban J connectivity index is 3.19. The number of benzene rings is 1. The summed E-state index contributed by atoms with van der Waals surface area (Å²) in [5.74, 6) is -0.830. The monoisotopic (exact) mass is 261 g/mol. The fourth-order valence-corrected chi connectivity index (χ4v) is 2.11. The molecule has 1 aromatic rings. The minimum Gasteiger partial charge on any atom is -0.494 e. The number of aliphatic hydroxyl groups excluding tert-OH is 1. The Morgan fingerprint density at radius 3 is 2.76 bits per heavy atom. The first-order chi connectivity index (χ1) is 7.99. The molecule has 5 nitrogen and oxygen atoms in total. The number of thioether (sulfide) groups is 1. The second-order valence-corrected chi connectivity index (χ2v) is 4.80. The Labute approximate surface area is 102 Å². The lowest BCUT2D eigenvalue weighted by atomic mass is 10.3. The molecule has 94 valence electrons. The van der Waals surface area contributed by atoms with Crippen molar-refractivity contribution in [2.45, 2.75) is 17.1 Å². The molecular formula is C10H12FNO4S. The van der Waals surface area contributed by atoms with Crippen LogP contribution in [0.1, 0.15) is 6.92 Å². The number of nitro benzene ring substituents is 1. The number of aliphatic hydroxyl groups is 1. The maximum absolute atomic E-state index is 13.3. The summed E-state index contributed by atoms with van der Waals surface area (Å²) in [7, 11) is 1.29. The third kappa shape index (κ3) is 3.31. The number of ether oxygens (including phenoxy) is 1. The molecule has 0 saturated heterocycles. The van der Waals surface area contributed by atoms with E-state index in [0.717, 1.165) is 17.8 Å². The van der Waals surface area contributed by atoms with Gasteiger partial charge < -0.3 is 9.84 Å². The largest absolute Gasteiger partial charge is 0.494 e. The van der Waals surface area contributed by atoms with Gasteiger partial charge in [0, 0.05) is 11.3 Å². The van der Waals surface area contributed by atoms with E-state index in [1.54, 1.807) is 6.92 Å². The summed E-state index contributed by atoms with van der Waals surface area (Å²) >= 11 is 1.10. The maximum atomic E-state index is 13.3.